The van der Waals surface area contributed by atoms with Gasteiger partial charge >= 0.3 is 6.18 Å². The van der Waals surface area contributed by atoms with Crippen LogP contribution in [0.5, 0.6) is 17.4 Å². The molecule has 2 aromatic carbocycles. The lowest BCUT2D eigenvalue weighted by Gasteiger charge is -2.09. The van der Waals surface area contributed by atoms with Gasteiger partial charge in [0.25, 0.3) is 0 Å². The number of nitrogens with zero attached hydrogens (tertiary/aromatic N) is 2. The van der Waals surface area contributed by atoms with E-state index in [1.807, 2.05) is 0 Å². The summed E-state index contributed by atoms with van der Waals surface area (Å²) in [6.45, 7) is 1.80. The van der Waals surface area contributed by atoms with Gasteiger partial charge in [0.15, 0.2) is 5.16 Å². The van der Waals surface area contributed by atoms with Crippen LogP contribution in [0.4, 0.5) is 13.2 Å². The number of benzene rings is 2. The molecule has 146 valence electrons. The second-order valence-corrected chi connectivity index (χ2v) is 6.84. The largest absolute Gasteiger partial charge is 0.497 e. The van der Waals surface area contributed by atoms with Crippen molar-refractivity contribution in [2.45, 2.75) is 24.0 Å². The van der Waals surface area contributed by atoms with E-state index in [1.165, 1.54) is 17.8 Å². The molecule has 0 N–H and O–H groups in total. The van der Waals surface area contributed by atoms with Crippen LogP contribution >= 0.6 is 11.8 Å². The number of alkyl halides is 3. The minimum atomic E-state index is -4.36. The van der Waals surface area contributed by atoms with Crippen LogP contribution < -0.4 is 9.47 Å². The Bertz CT molecular complexity index is 947. The molecule has 3 aromatic rings. The summed E-state index contributed by atoms with van der Waals surface area (Å²) in [5.41, 5.74) is 0.576. The van der Waals surface area contributed by atoms with Gasteiger partial charge in [0, 0.05) is 17.5 Å². The smallest absolute Gasteiger partial charge is 0.416 e. The zero-order valence-electron chi connectivity index (χ0n) is 15.2. The van der Waals surface area contributed by atoms with Crippen LogP contribution in [0, 0.1) is 6.92 Å². The Labute approximate surface area is 164 Å². The zero-order chi connectivity index (χ0) is 20.1. The first kappa shape index (κ1) is 20.0. The molecule has 28 heavy (non-hydrogen) atoms. The predicted octanol–water partition coefficient (Wildman–Crippen LogP) is 5.90. The minimum Gasteiger partial charge on any atom is -0.497 e. The van der Waals surface area contributed by atoms with E-state index >= 15 is 0 Å². The van der Waals surface area contributed by atoms with Crippen molar-refractivity contribution in [3.05, 3.63) is 71.4 Å². The Kier molecular flexibility index (Phi) is 6.08. The monoisotopic (exact) mass is 406 g/mol. The van der Waals surface area contributed by atoms with E-state index in [2.05, 4.69) is 9.97 Å². The molecule has 0 aliphatic rings. The van der Waals surface area contributed by atoms with Crippen LogP contribution in [0.25, 0.3) is 0 Å². The zero-order valence-corrected chi connectivity index (χ0v) is 16.0. The molecule has 0 fully saturated rings. The molecule has 4 nitrogen and oxygen atoms in total. The van der Waals surface area contributed by atoms with Gasteiger partial charge in [0.05, 0.1) is 12.7 Å². The summed E-state index contributed by atoms with van der Waals surface area (Å²) in [5.74, 6) is 1.98. The molecule has 0 bridgehead atoms. The molecule has 8 heteroatoms. The van der Waals surface area contributed by atoms with Gasteiger partial charge in [-0.3, -0.25) is 0 Å². The third kappa shape index (κ3) is 5.39. The summed E-state index contributed by atoms with van der Waals surface area (Å²) >= 11 is 1.25. The second-order valence-electron chi connectivity index (χ2n) is 5.89. The van der Waals surface area contributed by atoms with E-state index in [0.717, 1.165) is 12.1 Å². The normalized spacial score (nSPS) is 11.3. The average molecular weight is 406 g/mol. The van der Waals surface area contributed by atoms with Gasteiger partial charge < -0.3 is 9.47 Å². The number of aryl methyl sites for hydroxylation is 1. The van der Waals surface area contributed by atoms with E-state index in [4.69, 9.17) is 9.47 Å². The van der Waals surface area contributed by atoms with Crippen LogP contribution in [-0.2, 0) is 11.9 Å². The van der Waals surface area contributed by atoms with Crippen molar-refractivity contribution in [1.82, 2.24) is 9.97 Å². The van der Waals surface area contributed by atoms with Crippen molar-refractivity contribution in [3.63, 3.8) is 0 Å². The predicted molar refractivity (Wildman–Crippen MR) is 101 cm³/mol. The topological polar surface area (TPSA) is 44.2 Å². The third-order valence-corrected chi connectivity index (χ3v) is 4.63. The van der Waals surface area contributed by atoms with E-state index < -0.39 is 11.7 Å². The average Bonchev–Trinajstić information content (AvgIpc) is 2.66. The fraction of sp³-hybridized carbons (Fsp3) is 0.200. The molecule has 1 aromatic heterocycles. The highest BCUT2D eigenvalue weighted by Crippen LogP contribution is 2.31. The second kappa shape index (κ2) is 8.52. The number of hydrogen-bond donors (Lipinski definition) is 0. The van der Waals surface area contributed by atoms with Gasteiger partial charge in [0.1, 0.15) is 11.5 Å². The van der Waals surface area contributed by atoms with Gasteiger partial charge in [-0.05, 0) is 42.8 Å². The van der Waals surface area contributed by atoms with Crippen LogP contribution in [-0.4, -0.2) is 17.1 Å². The third-order valence-electron chi connectivity index (χ3n) is 3.71. The number of methoxy groups -OCH3 is 1. The van der Waals surface area contributed by atoms with Crippen LogP contribution in [0.3, 0.4) is 0 Å². The molecule has 0 spiro atoms. The maximum atomic E-state index is 12.8. The molecule has 0 aliphatic heterocycles. The molecular weight excluding hydrogens is 389 g/mol. The molecule has 0 atom stereocenters. The molecule has 0 radical (unpaired) electrons. The molecular formula is C20H17F3N2O2S. The quantitative estimate of drug-likeness (QED) is 0.377. The van der Waals surface area contributed by atoms with Gasteiger partial charge in [0.2, 0.25) is 5.88 Å². The van der Waals surface area contributed by atoms with Crippen molar-refractivity contribution < 1.29 is 22.6 Å². The van der Waals surface area contributed by atoms with Crippen molar-refractivity contribution in [2.24, 2.45) is 0 Å². The first-order chi connectivity index (χ1) is 13.3. The van der Waals surface area contributed by atoms with E-state index in [1.54, 1.807) is 50.4 Å². The number of rotatable bonds is 6. The number of hydrogen-bond acceptors (Lipinski definition) is 5. The number of ether oxygens (including phenoxy) is 2. The van der Waals surface area contributed by atoms with Crippen LogP contribution in [0.15, 0.2) is 59.8 Å². The van der Waals surface area contributed by atoms with Crippen molar-refractivity contribution >= 4 is 11.8 Å². The molecule has 0 amide bonds. The lowest BCUT2D eigenvalue weighted by molar-refractivity contribution is -0.137. The fourth-order valence-corrected chi connectivity index (χ4v) is 3.22. The first-order valence-corrected chi connectivity index (χ1v) is 9.28. The van der Waals surface area contributed by atoms with E-state index in [-0.39, 0.29) is 0 Å². The van der Waals surface area contributed by atoms with Crippen LogP contribution in [0.1, 0.15) is 16.8 Å². The lowest BCUT2D eigenvalue weighted by atomic mass is 10.1. The van der Waals surface area contributed by atoms with Gasteiger partial charge in [-0.2, -0.15) is 18.2 Å². The molecule has 1 heterocycles. The number of aromatic nitrogens is 2. The highest BCUT2D eigenvalue weighted by molar-refractivity contribution is 7.98. The first-order valence-electron chi connectivity index (χ1n) is 8.30. The number of thioether (sulfide) groups is 1. The summed E-state index contributed by atoms with van der Waals surface area (Å²) in [7, 11) is 1.58. The van der Waals surface area contributed by atoms with E-state index in [0.29, 0.717) is 39.5 Å². The molecule has 3 rings (SSSR count). The summed E-state index contributed by atoms with van der Waals surface area (Å²) < 4.78 is 49.4. The maximum absolute atomic E-state index is 12.8. The summed E-state index contributed by atoms with van der Waals surface area (Å²) in [4.78, 5) is 8.65. The highest BCUT2D eigenvalue weighted by atomic mass is 32.2. The number of halogens is 3. The lowest BCUT2D eigenvalue weighted by Crippen LogP contribution is -2.05. The highest BCUT2D eigenvalue weighted by Gasteiger charge is 2.30. The van der Waals surface area contributed by atoms with Gasteiger partial charge in [-0.15, -0.1) is 0 Å². The molecule has 0 aliphatic carbocycles. The van der Waals surface area contributed by atoms with Crippen molar-refractivity contribution in [1.29, 1.82) is 0 Å². The maximum Gasteiger partial charge on any atom is 0.416 e. The Hall–Kier alpha value is -2.74. The summed E-state index contributed by atoms with van der Waals surface area (Å²) in [6.07, 6.45) is -4.36. The van der Waals surface area contributed by atoms with Gasteiger partial charge in [-0.25, -0.2) is 4.98 Å². The Morgan fingerprint density at radius 1 is 0.964 bits per heavy atom. The fourth-order valence-electron chi connectivity index (χ4n) is 2.38. The van der Waals surface area contributed by atoms with Gasteiger partial charge in [-0.1, -0.05) is 30.0 Å². The van der Waals surface area contributed by atoms with E-state index in [9.17, 15) is 13.2 Å². The minimum absolute atomic E-state index is 0.315. The molecule has 0 saturated carbocycles. The molecule has 0 saturated heterocycles. The Balaban J connectivity index is 1.71. The molecule has 0 unspecified atom stereocenters. The van der Waals surface area contributed by atoms with Crippen LogP contribution in [0.2, 0.25) is 0 Å². The SMILES string of the molecule is COc1ccc(Oc2cc(C)nc(SCc3cccc(C(F)(F)F)c3)n2)cc1. The standard InChI is InChI=1S/C20H17F3N2O2S/c1-13-10-18(27-17-8-6-16(26-2)7-9-17)25-19(24-13)28-12-14-4-3-5-15(11-14)20(21,22)23/h3-11H,12H2,1-2H3. The summed E-state index contributed by atoms with van der Waals surface area (Å²) in [5, 5.41) is 0.431. The Morgan fingerprint density at radius 3 is 2.36 bits per heavy atom. The van der Waals surface area contributed by atoms with Crippen molar-refractivity contribution in [2.75, 3.05) is 7.11 Å². The Morgan fingerprint density at radius 2 is 1.68 bits per heavy atom. The van der Waals surface area contributed by atoms with Crippen molar-refractivity contribution in [3.8, 4) is 17.4 Å². The summed E-state index contributed by atoms with van der Waals surface area (Å²) in [6, 6.07) is 14.0.